The first-order valence-corrected chi connectivity index (χ1v) is 7.86. The normalized spacial score (nSPS) is 11.4. The quantitative estimate of drug-likeness (QED) is 0.786. The van der Waals surface area contributed by atoms with Gasteiger partial charge in [0.1, 0.15) is 6.04 Å². The Hall–Kier alpha value is -2.67. The van der Waals surface area contributed by atoms with Crippen molar-refractivity contribution < 1.29 is 14.4 Å². The molecule has 6 nitrogen and oxygen atoms in total. The molecule has 3 N–H and O–H groups in total. The zero-order valence-corrected chi connectivity index (χ0v) is 13.6. The molecule has 0 saturated carbocycles. The summed E-state index contributed by atoms with van der Waals surface area (Å²) >= 11 is 1.31. The van der Waals surface area contributed by atoms with Gasteiger partial charge in [-0.1, -0.05) is 12.1 Å². The minimum Gasteiger partial charge on any atom is -0.340 e. The third-order valence-corrected chi connectivity index (χ3v) is 3.80. The summed E-state index contributed by atoms with van der Waals surface area (Å²) in [6, 6.07) is 9.58. The summed E-state index contributed by atoms with van der Waals surface area (Å²) in [5.74, 6) is -0.811. The lowest BCUT2D eigenvalue weighted by Crippen LogP contribution is -2.41. The Morgan fingerprint density at radius 2 is 1.74 bits per heavy atom. The Bertz CT molecular complexity index is 713. The van der Waals surface area contributed by atoms with Gasteiger partial charge in [-0.15, -0.1) is 11.3 Å². The number of benzene rings is 1. The Labute approximate surface area is 137 Å². The molecular formula is C16H17N3O3S. The summed E-state index contributed by atoms with van der Waals surface area (Å²) in [6.45, 7) is 3.02. The first-order valence-electron chi connectivity index (χ1n) is 6.98. The second-order valence-electron chi connectivity index (χ2n) is 4.92. The number of amides is 3. The Morgan fingerprint density at radius 3 is 2.35 bits per heavy atom. The van der Waals surface area contributed by atoms with E-state index in [1.54, 1.807) is 48.7 Å². The molecule has 0 spiro atoms. The van der Waals surface area contributed by atoms with Gasteiger partial charge in [-0.2, -0.15) is 0 Å². The van der Waals surface area contributed by atoms with E-state index in [1.165, 1.54) is 18.3 Å². The summed E-state index contributed by atoms with van der Waals surface area (Å²) in [5, 5.41) is 9.78. The minimum absolute atomic E-state index is 0.190. The van der Waals surface area contributed by atoms with E-state index < -0.39 is 6.04 Å². The van der Waals surface area contributed by atoms with Crippen molar-refractivity contribution in [3.63, 3.8) is 0 Å². The number of rotatable bonds is 5. The highest BCUT2D eigenvalue weighted by molar-refractivity contribution is 7.12. The van der Waals surface area contributed by atoms with Crippen LogP contribution < -0.4 is 16.0 Å². The standard InChI is InChI=1S/C16H17N3O3S/c1-10(17-16(22)14-7-4-8-23-14)15(21)19-13-6-3-5-12(9-13)18-11(2)20/h3-10H,1-2H3,(H,17,22)(H,18,20)(H,19,21). The second kappa shape index (κ2) is 7.55. The number of hydrogen-bond donors (Lipinski definition) is 3. The number of thiophene rings is 1. The van der Waals surface area contributed by atoms with Gasteiger partial charge in [-0.3, -0.25) is 14.4 Å². The van der Waals surface area contributed by atoms with Gasteiger partial charge in [0, 0.05) is 18.3 Å². The maximum Gasteiger partial charge on any atom is 0.261 e. The second-order valence-corrected chi connectivity index (χ2v) is 5.87. The fourth-order valence-corrected chi connectivity index (χ4v) is 2.50. The molecule has 2 rings (SSSR count). The van der Waals surface area contributed by atoms with E-state index in [0.717, 1.165) is 0 Å². The van der Waals surface area contributed by atoms with Gasteiger partial charge in [0.2, 0.25) is 11.8 Å². The number of nitrogens with one attached hydrogen (secondary N) is 3. The third-order valence-electron chi connectivity index (χ3n) is 2.94. The van der Waals surface area contributed by atoms with Crippen molar-refractivity contribution in [2.75, 3.05) is 10.6 Å². The zero-order chi connectivity index (χ0) is 16.8. The summed E-state index contributed by atoms with van der Waals surface area (Å²) in [5.41, 5.74) is 1.13. The first kappa shape index (κ1) is 16.7. The van der Waals surface area contributed by atoms with Crippen molar-refractivity contribution in [3.05, 3.63) is 46.7 Å². The van der Waals surface area contributed by atoms with Gasteiger partial charge in [0.25, 0.3) is 5.91 Å². The maximum atomic E-state index is 12.1. The molecule has 120 valence electrons. The molecule has 2 aromatic rings. The molecule has 1 atom stereocenters. The van der Waals surface area contributed by atoms with E-state index in [9.17, 15) is 14.4 Å². The van der Waals surface area contributed by atoms with E-state index in [0.29, 0.717) is 16.3 Å². The fourth-order valence-electron chi connectivity index (χ4n) is 1.87. The lowest BCUT2D eigenvalue weighted by molar-refractivity contribution is -0.117. The number of carbonyl (C=O) groups excluding carboxylic acids is 3. The van der Waals surface area contributed by atoms with Crippen molar-refractivity contribution in [3.8, 4) is 0 Å². The third kappa shape index (κ3) is 4.93. The van der Waals surface area contributed by atoms with Crippen molar-refractivity contribution in [1.29, 1.82) is 0 Å². The summed E-state index contributed by atoms with van der Waals surface area (Å²) in [4.78, 5) is 35.7. The van der Waals surface area contributed by atoms with Gasteiger partial charge >= 0.3 is 0 Å². The number of anilines is 2. The van der Waals surface area contributed by atoms with E-state index in [4.69, 9.17) is 0 Å². The largest absolute Gasteiger partial charge is 0.340 e. The summed E-state index contributed by atoms with van der Waals surface area (Å²) in [7, 11) is 0. The van der Waals surface area contributed by atoms with Gasteiger partial charge in [0.15, 0.2) is 0 Å². The molecule has 0 aliphatic carbocycles. The van der Waals surface area contributed by atoms with E-state index in [1.807, 2.05) is 0 Å². The predicted octanol–water partition coefficient (Wildman–Crippen LogP) is 2.46. The van der Waals surface area contributed by atoms with Crippen LogP contribution in [0.3, 0.4) is 0 Å². The first-order chi connectivity index (χ1) is 11.0. The van der Waals surface area contributed by atoms with E-state index >= 15 is 0 Å². The highest BCUT2D eigenvalue weighted by atomic mass is 32.1. The summed E-state index contributed by atoms with van der Waals surface area (Å²) in [6.07, 6.45) is 0. The van der Waals surface area contributed by atoms with Crippen LogP contribution in [-0.4, -0.2) is 23.8 Å². The molecule has 0 saturated heterocycles. The molecule has 23 heavy (non-hydrogen) atoms. The van der Waals surface area contributed by atoms with Crippen LogP contribution in [0.15, 0.2) is 41.8 Å². The topological polar surface area (TPSA) is 87.3 Å². The lowest BCUT2D eigenvalue weighted by Gasteiger charge is -2.14. The SMILES string of the molecule is CC(=O)Nc1cccc(NC(=O)C(C)NC(=O)c2cccs2)c1. The minimum atomic E-state index is -0.686. The van der Waals surface area contributed by atoms with E-state index in [-0.39, 0.29) is 17.7 Å². The molecule has 0 bridgehead atoms. The lowest BCUT2D eigenvalue weighted by atomic mass is 10.2. The van der Waals surface area contributed by atoms with Crippen LogP contribution in [0.5, 0.6) is 0 Å². The van der Waals surface area contributed by atoms with Crippen LogP contribution >= 0.6 is 11.3 Å². The van der Waals surface area contributed by atoms with Crippen LogP contribution in [-0.2, 0) is 9.59 Å². The van der Waals surface area contributed by atoms with Crippen LogP contribution in [0.4, 0.5) is 11.4 Å². The molecule has 3 amide bonds. The molecule has 0 aliphatic heterocycles. The highest BCUT2D eigenvalue weighted by Gasteiger charge is 2.17. The molecule has 0 aliphatic rings. The molecule has 0 fully saturated rings. The number of hydrogen-bond acceptors (Lipinski definition) is 4. The average Bonchev–Trinajstić information content (AvgIpc) is 3.01. The van der Waals surface area contributed by atoms with Gasteiger partial charge in [-0.25, -0.2) is 0 Å². The molecule has 1 aromatic heterocycles. The molecule has 1 aromatic carbocycles. The van der Waals surface area contributed by atoms with Crippen LogP contribution in [0.1, 0.15) is 23.5 Å². The predicted molar refractivity (Wildman–Crippen MR) is 90.6 cm³/mol. The highest BCUT2D eigenvalue weighted by Crippen LogP contribution is 2.15. The molecule has 7 heteroatoms. The Balaban J connectivity index is 1.95. The smallest absolute Gasteiger partial charge is 0.261 e. The van der Waals surface area contributed by atoms with Gasteiger partial charge < -0.3 is 16.0 Å². The molecular weight excluding hydrogens is 314 g/mol. The molecule has 0 radical (unpaired) electrons. The van der Waals surface area contributed by atoms with Gasteiger partial charge in [0.05, 0.1) is 4.88 Å². The molecule has 1 heterocycles. The fraction of sp³-hybridized carbons (Fsp3) is 0.188. The van der Waals surface area contributed by atoms with Crippen LogP contribution in [0, 0.1) is 0 Å². The molecule has 1 unspecified atom stereocenters. The Morgan fingerprint density at radius 1 is 1.04 bits per heavy atom. The summed E-state index contributed by atoms with van der Waals surface area (Å²) < 4.78 is 0. The van der Waals surface area contributed by atoms with Crippen molar-refractivity contribution in [2.45, 2.75) is 19.9 Å². The zero-order valence-electron chi connectivity index (χ0n) is 12.8. The van der Waals surface area contributed by atoms with Gasteiger partial charge in [-0.05, 0) is 36.6 Å². The van der Waals surface area contributed by atoms with Crippen molar-refractivity contribution >= 4 is 40.4 Å². The van der Waals surface area contributed by atoms with Crippen molar-refractivity contribution in [1.82, 2.24) is 5.32 Å². The maximum absolute atomic E-state index is 12.1. The van der Waals surface area contributed by atoms with Crippen LogP contribution in [0.2, 0.25) is 0 Å². The Kier molecular flexibility index (Phi) is 5.48. The monoisotopic (exact) mass is 331 g/mol. The van der Waals surface area contributed by atoms with Crippen molar-refractivity contribution in [2.24, 2.45) is 0 Å². The van der Waals surface area contributed by atoms with Crippen LogP contribution in [0.25, 0.3) is 0 Å². The van der Waals surface area contributed by atoms with E-state index in [2.05, 4.69) is 16.0 Å². The number of carbonyl (C=O) groups is 3. The average molecular weight is 331 g/mol.